The molecule has 0 radical (unpaired) electrons. The van der Waals surface area contributed by atoms with Crippen molar-refractivity contribution in [3.05, 3.63) is 66.2 Å². The van der Waals surface area contributed by atoms with Crippen LogP contribution in [0.3, 0.4) is 0 Å². The van der Waals surface area contributed by atoms with Gasteiger partial charge in [0.15, 0.2) is 0 Å². The topological polar surface area (TPSA) is 23.5 Å². The predicted octanol–water partition coefficient (Wildman–Crippen LogP) is 4.04. The standard InChI is InChI=1S/C20H25NO/c22-20(15-17-9-3-1-4-10-17)16-19-13-7-8-14-21(19)18-11-5-2-6-12-18/h1-6,9-12,19-20,22H,7-8,13-16H2. The molecule has 2 nitrogen and oxygen atoms in total. The lowest BCUT2D eigenvalue weighted by atomic mass is 9.93. The number of anilines is 1. The summed E-state index contributed by atoms with van der Waals surface area (Å²) in [6.07, 6.45) is 5.04. The zero-order chi connectivity index (χ0) is 15.2. The van der Waals surface area contributed by atoms with Gasteiger partial charge in [-0.25, -0.2) is 0 Å². The third-order valence-corrected chi connectivity index (χ3v) is 4.57. The van der Waals surface area contributed by atoms with Crippen LogP contribution in [0.25, 0.3) is 0 Å². The van der Waals surface area contributed by atoms with Crippen molar-refractivity contribution in [1.29, 1.82) is 0 Å². The van der Waals surface area contributed by atoms with Gasteiger partial charge in [0.05, 0.1) is 6.10 Å². The van der Waals surface area contributed by atoms with Crippen molar-refractivity contribution in [3.63, 3.8) is 0 Å². The number of hydrogen-bond acceptors (Lipinski definition) is 2. The molecule has 0 amide bonds. The molecule has 1 heterocycles. The van der Waals surface area contributed by atoms with Gasteiger partial charge < -0.3 is 10.0 Å². The molecule has 1 aliphatic heterocycles. The van der Waals surface area contributed by atoms with Crippen LogP contribution in [0.5, 0.6) is 0 Å². The Morgan fingerprint density at radius 3 is 2.36 bits per heavy atom. The van der Waals surface area contributed by atoms with Crippen molar-refractivity contribution in [2.45, 2.75) is 44.2 Å². The fourth-order valence-electron chi connectivity index (χ4n) is 3.49. The largest absolute Gasteiger partial charge is 0.393 e. The minimum absolute atomic E-state index is 0.267. The van der Waals surface area contributed by atoms with Crippen LogP contribution in [0.1, 0.15) is 31.2 Å². The zero-order valence-electron chi connectivity index (χ0n) is 13.1. The van der Waals surface area contributed by atoms with Crippen molar-refractivity contribution >= 4 is 5.69 Å². The molecular formula is C20H25NO. The number of rotatable bonds is 5. The highest BCUT2D eigenvalue weighted by molar-refractivity contribution is 5.47. The van der Waals surface area contributed by atoms with Crippen LogP contribution in [-0.2, 0) is 6.42 Å². The first-order chi connectivity index (χ1) is 10.8. The third-order valence-electron chi connectivity index (χ3n) is 4.57. The van der Waals surface area contributed by atoms with Gasteiger partial charge in [0.25, 0.3) is 0 Å². The third kappa shape index (κ3) is 3.89. The maximum atomic E-state index is 10.5. The first-order valence-electron chi connectivity index (χ1n) is 8.36. The Hall–Kier alpha value is -1.80. The zero-order valence-corrected chi connectivity index (χ0v) is 13.1. The number of nitrogens with zero attached hydrogens (tertiary/aromatic N) is 1. The molecule has 1 fully saturated rings. The highest BCUT2D eigenvalue weighted by atomic mass is 16.3. The smallest absolute Gasteiger partial charge is 0.0600 e. The lowest BCUT2D eigenvalue weighted by Crippen LogP contribution is -2.41. The minimum atomic E-state index is -0.267. The van der Waals surface area contributed by atoms with Gasteiger partial charge in [0, 0.05) is 18.3 Å². The van der Waals surface area contributed by atoms with Gasteiger partial charge in [0.1, 0.15) is 0 Å². The molecule has 0 saturated carbocycles. The van der Waals surface area contributed by atoms with Crippen LogP contribution >= 0.6 is 0 Å². The SMILES string of the molecule is OC(Cc1ccccc1)CC1CCCCN1c1ccccc1. The Balaban J connectivity index is 1.64. The quantitative estimate of drug-likeness (QED) is 0.900. The molecule has 1 N–H and O–H groups in total. The van der Waals surface area contributed by atoms with E-state index in [-0.39, 0.29) is 6.10 Å². The van der Waals surface area contributed by atoms with Crippen molar-refractivity contribution in [3.8, 4) is 0 Å². The highest BCUT2D eigenvalue weighted by Crippen LogP contribution is 2.27. The van der Waals surface area contributed by atoms with E-state index in [1.165, 1.54) is 30.5 Å². The van der Waals surface area contributed by atoms with Crippen LogP contribution in [0.15, 0.2) is 60.7 Å². The van der Waals surface area contributed by atoms with Gasteiger partial charge in [0.2, 0.25) is 0 Å². The van der Waals surface area contributed by atoms with E-state index in [0.717, 1.165) is 19.4 Å². The molecule has 1 aliphatic rings. The van der Waals surface area contributed by atoms with E-state index in [2.05, 4.69) is 47.4 Å². The molecule has 1 saturated heterocycles. The summed E-state index contributed by atoms with van der Waals surface area (Å²) < 4.78 is 0. The van der Waals surface area contributed by atoms with Crippen LogP contribution in [0, 0.1) is 0 Å². The Morgan fingerprint density at radius 2 is 1.64 bits per heavy atom. The Morgan fingerprint density at radius 1 is 0.955 bits per heavy atom. The van der Waals surface area contributed by atoms with Gasteiger partial charge in [-0.3, -0.25) is 0 Å². The lowest BCUT2D eigenvalue weighted by molar-refractivity contribution is 0.149. The fourth-order valence-corrected chi connectivity index (χ4v) is 3.49. The molecule has 116 valence electrons. The summed E-state index contributed by atoms with van der Waals surface area (Å²) in [6, 6.07) is 21.4. The van der Waals surface area contributed by atoms with Crippen LogP contribution < -0.4 is 4.90 Å². The van der Waals surface area contributed by atoms with Crippen LogP contribution in [-0.4, -0.2) is 23.8 Å². The number of piperidine rings is 1. The summed E-state index contributed by atoms with van der Waals surface area (Å²) in [5.74, 6) is 0. The van der Waals surface area contributed by atoms with Crippen LogP contribution in [0.2, 0.25) is 0 Å². The van der Waals surface area contributed by atoms with E-state index in [4.69, 9.17) is 0 Å². The molecule has 0 aliphatic carbocycles. The van der Waals surface area contributed by atoms with Crippen LogP contribution in [0.4, 0.5) is 5.69 Å². The van der Waals surface area contributed by atoms with E-state index < -0.39 is 0 Å². The first kappa shape index (κ1) is 15.1. The van der Waals surface area contributed by atoms with Gasteiger partial charge in [-0.05, 0) is 49.8 Å². The molecule has 2 aromatic carbocycles. The molecule has 0 bridgehead atoms. The number of hydrogen-bond donors (Lipinski definition) is 1. The Kier molecular flexibility index (Phi) is 5.12. The molecule has 0 aromatic heterocycles. The summed E-state index contributed by atoms with van der Waals surface area (Å²) in [4.78, 5) is 2.48. The first-order valence-corrected chi connectivity index (χ1v) is 8.36. The van der Waals surface area contributed by atoms with Gasteiger partial charge in [-0.2, -0.15) is 0 Å². The number of aliphatic hydroxyl groups excluding tert-OH is 1. The molecule has 22 heavy (non-hydrogen) atoms. The lowest BCUT2D eigenvalue weighted by Gasteiger charge is -2.38. The van der Waals surface area contributed by atoms with Crippen molar-refractivity contribution < 1.29 is 5.11 Å². The molecule has 3 rings (SSSR count). The molecule has 0 spiro atoms. The Bertz CT molecular complexity index is 554. The van der Waals surface area contributed by atoms with Gasteiger partial charge >= 0.3 is 0 Å². The van der Waals surface area contributed by atoms with Crippen molar-refractivity contribution in [2.75, 3.05) is 11.4 Å². The second-order valence-corrected chi connectivity index (χ2v) is 6.26. The normalized spacial score (nSPS) is 19.9. The number of aliphatic hydroxyl groups is 1. The van der Waals surface area contributed by atoms with E-state index >= 15 is 0 Å². The fraction of sp³-hybridized carbons (Fsp3) is 0.400. The second kappa shape index (κ2) is 7.46. The molecule has 2 atom stereocenters. The number of benzene rings is 2. The van der Waals surface area contributed by atoms with Gasteiger partial charge in [-0.1, -0.05) is 48.5 Å². The van der Waals surface area contributed by atoms with Crippen molar-refractivity contribution in [2.24, 2.45) is 0 Å². The second-order valence-electron chi connectivity index (χ2n) is 6.26. The summed E-state index contributed by atoms with van der Waals surface area (Å²) in [5.41, 5.74) is 2.51. The van der Waals surface area contributed by atoms with E-state index in [9.17, 15) is 5.11 Å². The summed E-state index contributed by atoms with van der Waals surface area (Å²) in [7, 11) is 0. The molecule has 2 aromatic rings. The molecule has 2 heteroatoms. The van der Waals surface area contributed by atoms with E-state index in [0.29, 0.717) is 6.04 Å². The van der Waals surface area contributed by atoms with E-state index in [1.807, 2.05) is 18.2 Å². The van der Waals surface area contributed by atoms with Gasteiger partial charge in [-0.15, -0.1) is 0 Å². The average molecular weight is 295 g/mol. The summed E-state index contributed by atoms with van der Waals surface area (Å²) in [5, 5.41) is 10.5. The number of para-hydroxylation sites is 1. The predicted molar refractivity (Wildman–Crippen MR) is 92.2 cm³/mol. The maximum Gasteiger partial charge on any atom is 0.0600 e. The van der Waals surface area contributed by atoms with E-state index in [1.54, 1.807) is 0 Å². The summed E-state index contributed by atoms with van der Waals surface area (Å²) in [6.45, 7) is 1.10. The minimum Gasteiger partial charge on any atom is -0.393 e. The Labute approximate surface area is 133 Å². The van der Waals surface area contributed by atoms with Crippen molar-refractivity contribution in [1.82, 2.24) is 0 Å². The average Bonchev–Trinajstić information content (AvgIpc) is 2.57. The maximum absolute atomic E-state index is 10.5. The molecule has 2 unspecified atom stereocenters. The summed E-state index contributed by atoms with van der Waals surface area (Å²) >= 11 is 0. The highest BCUT2D eigenvalue weighted by Gasteiger charge is 2.25. The monoisotopic (exact) mass is 295 g/mol. The molecular weight excluding hydrogens is 270 g/mol.